The topological polar surface area (TPSA) is 131 Å². The molecule has 0 bridgehead atoms. The van der Waals surface area contributed by atoms with Gasteiger partial charge in [-0.1, -0.05) is 18.2 Å². The van der Waals surface area contributed by atoms with Gasteiger partial charge in [0.15, 0.2) is 11.3 Å². The molecule has 0 aromatic heterocycles. The lowest BCUT2D eigenvalue weighted by molar-refractivity contribution is -0.385. The molecule has 1 saturated heterocycles. The number of esters is 1. The fraction of sp³-hybridized carbons (Fsp3) is 0.238. The van der Waals surface area contributed by atoms with E-state index in [-0.39, 0.29) is 17.9 Å². The van der Waals surface area contributed by atoms with Crippen LogP contribution in [0.25, 0.3) is 0 Å². The number of nitrogens with one attached hydrogen (secondary N) is 1. The molecule has 10 nitrogen and oxygen atoms in total. The molecular weight excluding hydrogens is 461 g/mol. The molecule has 1 N–H and O–H groups in total. The average molecular weight is 476 g/mol. The van der Waals surface area contributed by atoms with Crippen molar-refractivity contribution in [3.05, 3.63) is 69.8 Å². The third kappa shape index (κ3) is 3.36. The third-order valence-corrected chi connectivity index (χ3v) is 5.50. The van der Waals surface area contributed by atoms with Crippen molar-refractivity contribution in [2.24, 2.45) is 11.0 Å². The second-order valence-corrected chi connectivity index (χ2v) is 7.40. The van der Waals surface area contributed by atoms with Crippen LogP contribution < -0.4 is 10.3 Å². The maximum atomic E-state index is 13.7. The number of fused-ring (bicyclic) bond motifs is 1. The number of carbonyl (C=O) groups excluding carboxylic acids is 3. The monoisotopic (exact) mass is 476 g/mol. The van der Waals surface area contributed by atoms with Crippen LogP contribution in [0.1, 0.15) is 18.1 Å². The molecular formula is C21H15F3N4O6. The Balaban J connectivity index is 1.89. The number of nitro groups is 1. The van der Waals surface area contributed by atoms with E-state index < -0.39 is 57.3 Å². The number of non-ortho nitro benzene ring substituents is 1. The average Bonchev–Trinajstić information content (AvgIpc) is 3.29. The van der Waals surface area contributed by atoms with Crippen molar-refractivity contribution in [1.29, 1.82) is 0 Å². The van der Waals surface area contributed by atoms with Crippen LogP contribution in [0, 0.1) is 16.0 Å². The van der Waals surface area contributed by atoms with Crippen molar-refractivity contribution in [3.63, 3.8) is 0 Å². The number of rotatable bonds is 5. The molecule has 0 aliphatic carbocycles. The van der Waals surface area contributed by atoms with Gasteiger partial charge < -0.3 is 4.74 Å². The number of hydrogen-bond donors (Lipinski definition) is 1. The second-order valence-electron chi connectivity index (χ2n) is 7.40. The Morgan fingerprint density at radius 1 is 1.24 bits per heavy atom. The molecule has 0 radical (unpaired) electrons. The first-order chi connectivity index (χ1) is 16.0. The largest absolute Gasteiger partial charge is 0.461 e. The normalized spacial score (nSPS) is 21.7. The van der Waals surface area contributed by atoms with Gasteiger partial charge in [-0.05, 0) is 30.7 Å². The lowest BCUT2D eigenvalue weighted by Gasteiger charge is -2.26. The van der Waals surface area contributed by atoms with E-state index in [0.29, 0.717) is 11.0 Å². The highest BCUT2D eigenvalue weighted by Crippen LogP contribution is 2.46. The number of halogens is 3. The minimum Gasteiger partial charge on any atom is -0.461 e. The SMILES string of the molecule is CCOC(=O)C1=NNC2(c3cccc([N+](=O)[O-])c3)C(=O)N(c3cccc(C(F)(F)F)c3)C(=O)C12. The van der Waals surface area contributed by atoms with Crippen molar-refractivity contribution < 1.29 is 37.2 Å². The van der Waals surface area contributed by atoms with Gasteiger partial charge in [-0.2, -0.15) is 18.3 Å². The highest BCUT2D eigenvalue weighted by molar-refractivity contribution is 6.47. The number of hydrazone groups is 1. The fourth-order valence-corrected chi connectivity index (χ4v) is 4.02. The van der Waals surface area contributed by atoms with Crippen LogP contribution in [0.2, 0.25) is 0 Å². The number of alkyl halides is 3. The Bertz CT molecular complexity index is 1260. The lowest BCUT2D eigenvalue weighted by Crippen LogP contribution is -2.48. The molecule has 4 rings (SSSR count). The van der Waals surface area contributed by atoms with Gasteiger partial charge in [-0.15, -0.1) is 0 Å². The van der Waals surface area contributed by atoms with Crippen molar-refractivity contribution in [2.45, 2.75) is 18.6 Å². The number of carbonyl (C=O) groups is 3. The van der Waals surface area contributed by atoms with E-state index in [0.717, 1.165) is 30.3 Å². The summed E-state index contributed by atoms with van der Waals surface area (Å²) in [5.74, 6) is -4.73. The van der Waals surface area contributed by atoms with Gasteiger partial charge in [-0.25, -0.2) is 9.69 Å². The maximum absolute atomic E-state index is 13.7. The summed E-state index contributed by atoms with van der Waals surface area (Å²) < 4.78 is 44.7. The van der Waals surface area contributed by atoms with Crippen LogP contribution in [-0.4, -0.2) is 35.0 Å². The molecule has 2 aliphatic rings. The number of ether oxygens (including phenoxy) is 1. The number of anilines is 1. The lowest BCUT2D eigenvalue weighted by atomic mass is 9.78. The Hall–Kier alpha value is -4.29. The molecule has 0 saturated carbocycles. The predicted molar refractivity (Wildman–Crippen MR) is 109 cm³/mol. The van der Waals surface area contributed by atoms with Crippen molar-refractivity contribution in [2.75, 3.05) is 11.5 Å². The standard InChI is InChI=1S/C21H15F3N4O6/c1-2-34-18(30)16-15-17(29)27(13-7-4-6-12(10-13)21(22,23)24)19(31)20(15,26-25-16)11-5-3-8-14(9-11)28(32)33/h3-10,15,26H,2H2,1H3. The van der Waals surface area contributed by atoms with Gasteiger partial charge in [0, 0.05) is 12.1 Å². The Labute approximate surface area is 189 Å². The quantitative estimate of drug-likeness (QED) is 0.304. The minimum absolute atomic E-state index is 0.0671. The number of amides is 2. The van der Waals surface area contributed by atoms with E-state index in [2.05, 4.69) is 10.5 Å². The van der Waals surface area contributed by atoms with Gasteiger partial charge in [0.25, 0.3) is 11.6 Å². The summed E-state index contributed by atoms with van der Waals surface area (Å²) in [6, 6.07) is 8.34. The Kier molecular flexibility index (Phi) is 5.34. The summed E-state index contributed by atoms with van der Waals surface area (Å²) in [6.45, 7) is 1.43. The molecule has 2 aliphatic heterocycles. The molecule has 2 atom stereocenters. The molecule has 2 aromatic carbocycles. The smallest absolute Gasteiger partial charge is 0.416 e. The van der Waals surface area contributed by atoms with Crippen LogP contribution in [0.5, 0.6) is 0 Å². The van der Waals surface area contributed by atoms with Crippen LogP contribution in [-0.2, 0) is 30.8 Å². The third-order valence-electron chi connectivity index (χ3n) is 5.50. The summed E-state index contributed by atoms with van der Waals surface area (Å²) in [5.41, 5.74) is -2.06. The summed E-state index contributed by atoms with van der Waals surface area (Å²) in [4.78, 5) is 50.7. The van der Waals surface area contributed by atoms with E-state index in [9.17, 15) is 37.7 Å². The van der Waals surface area contributed by atoms with Crippen molar-refractivity contribution in [3.8, 4) is 0 Å². The van der Waals surface area contributed by atoms with E-state index in [1.807, 2.05) is 0 Å². The molecule has 2 heterocycles. The first-order valence-corrected chi connectivity index (χ1v) is 9.84. The fourth-order valence-electron chi connectivity index (χ4n) is 4.02. The summed E-state index contributed by atoms with van der Waals surface area (Å²) in [7, 11) is 0. The first kappa shape index (κ1) is 22.9. The zero-order valence-electron chi connectivity index (χ0n) is 17.3. The molecule has 2 amide bonds. The molecule has 34 heavy (non-hydrogen) atoms. The Morgan fingerprint density at radius 2 is 1.94 bits per heavy atom. The molecule has 1 fully saturated rings. The zero-order chi connectivity index (χ0) is 24.8. The number of nitro benzene ring substituents is 1. The Morgan fingerprint density at radius 3 is 2.59 bits per heavy atom. The summed E-state index contributed by atoms with van der Waals surface area (Å²) in [6.07, 6.45) is -4.74. The van der Waals surface area contributed by atoms with Crippen LogP contribution >= 0.6 is 0 Å². The first-order valence-electron chi connectivity index (χ1n) is 9.84. The predicted octanol–water partition coefficient (Wildman–Crippen LogP) is 2.52. The van der Waals surface area contributed by atoms with Gasteiger partial charge >= 0.3 is 12.1 Å². The van der Waals surface area contributed by atoms with Gasteiger partial charge in [0.2, 0.25) is 5.91 Å². The van der Waals surface area contributed by atoms with E-state index in [1.165, 1.54) is 19.1 Å². The van der Waals surface area contributed by atoms with Crippen LogP contribution in [0.3, 0.4) is 0 Å². The molecule has 2 unspecified atom stereocenters. The maximum Gasteiger partial charge on any atom is 0.416 e. The van der Waals surface area contributed by atoms with Crippen LogP contribution in [0.15, 0.2) is 53.6 Å². The number of benzene rings is 2. The number of imide groups is 1. The summed E-state index contributed by atoms with van der Waals surface area (Å²) >= 11 is 0. The van der Waals surface area contributed by atoms with Crippen molar-refractivity contribution in [1.82, 2.24) is 5.43 Å². The highest BCUT2D eigenvalue weighted by atomic mass is 19.4. The second kappa shape index (κ2) is 7.93. The van der Waals surface area contributed by atoms with E-state index >= 15 is 0 Å². The molecule has 13 heteroatoms. The van der Waals surface area contributed by atoms with Crippen molar-refractivity contribution >= 4 is 34.9 Å². The summed E-state index contributed by atoms with van der Waals surface area (Å²) in [5, 5.41) is 15.1. The molecule has 176 valence electrons. The van der Waals surface area contributed by atoms with Gasteiger partial charge in [0.05, 0.1) is 22.8 Å². The zero-order valence-corrected chi connectivity index (χ0v) is 17.3. The van der Waals surface area contributed by atoms with Gasteiger partial charge in [-0.3, -0.25) is 25.1 Å². The molecule has 0 spiro atoms. The van der Waals surface area contributed by atoms with Gasteiger partial charge in [0.1, 0.15) is 5.92 Å². The molecule has 2 aromatic rings. The minimum atomic E-state index is -4.74. The van der Waals surface area contributed by atoms with Crippen LogP contribution in [0.4, 0.5) is 24.5 Å². The number of hydrogen-bond acceptors (Lipinski definition) is 8. The van der Waals surface area contributed by atoms with E-state index in [4.69, 9.17) is 4.74 Å². The van der Waals surface area contributed by atoms with E-state index in [1.54, 1.807) is 0 Å². The number of nitrogens with zero attached hydrogens (tertiary/aromatic N) is 3. The highest BCUT2D eigenvalue weighted by Gasteiger charge is 2.67.